The van der Waals surface area contributed by atoms with Gasteiger partial charge in [-0.25, -0.2) is 0 Å². The highest BCUT2D eigenvalue weighted by atomic mass is 33.1. The second-order valence-corrected chi connectivity index (χ2v) is 23.1. The Hall–Kier alpha value is -5.66. The minimum Gasteiger partial charge on any atom is -0.391 e. The van der Waals surface area contributed by atoms with E-state index in [1.54, 1.807) is 55.0 Å². The second kappa shape index (κ2) is 37.4. The van der Waals surface area contributed by atoms with Crippen molar-refractivity contribution in [2.45, 2.75) is 166 Å². The molecule has 1 aliphatic heterocycles. The van der Waals surface area contributed by atoms with Gasteiger partial charge in [-0.05, 0) is 102 Å². The molecule has 12 atom stereocenters. The zero-order chi connectivity index (χ0) is 60.1. The summed E-state index contributed by atoms with van der Waals surface area (Å²) in [5.41, 5.74) is 30.2. The van der Waals surface area contributed by atoms with Gasteiger partial charge in [0.1, 0.15) is 54.4 Å². The lowest BCUT2D eigenvalue weighted by atomic mass is 10.00. The molecule has 29 heteroatoms. The number of nitrogens with two attached hydrogens (primary N) is 5. The standard InChI is InChI=1S/C51H89N15O12S2/c1-27(2)17-23-79-80-26-32(56)42(69)65-41(30(6)68)51(78)62-35(14-20-54)44(71)61-37-16-22-57-50(77)40(29(5)67)66-47(74)36(15-21-55)59-43(70)33(12-18-52)60-48(75)38(24-28(3)4)63-49(76)39(25-31-10-8-7-9-11-31)64-45(72)34(13-19-53)58-46(37)73/h7-11,27-30,32-41,67-68H,12-26,52-56H2,1-6H3,(H,57,77)(H,58,73)(H,59,70)(H,60,75)(H,61,71)(H,62,78)(H,63,76)(H,64,72)(H,65,69)(H,66,74)/t29-,30-,32-,33+,34+,35-,36+,37+,38+,39-,40+,41+/m1/s1. The fourth-order valence-electron chi connectivity index (χ4n) is 7.98. The Balaban J connectivity index is 2.68. The van der Waals surface area contributed by atoms with Gasteiger partial charge in [0.25, 0.3) is 0 Å². The molecule has 1 fully saturated rings. The van der Waals surface area contributed by atoms with Crippen molar-refractivity contribution in [3.05, 3.63) is 35.9 Å². The van der Waals surface area contributed by atoms with E-state index in [1.807, 2.05) is 0 Å². The zero-order valence-electron chi connectivity index (χ0n) is 46.8. The van der Waals surface area contributed by atoms with Gasteiger partial charge in [-0.3, -0.25) is 47.9 Å². The number of carbonyl (C=O) groups excluding carboxylic acids is 10. The van der Waals surface area contributed by atoms with Gasteiger partial charge in [0.15, 0.2) is 0 Å². The summed E-state index contributed by atoms with van der Waals surface area (Å²) in [5, 5.41) is 46.9. The van der Waals surface area contributed by atoms with E-state index in [4.69, 9.17) is 28.7 Å². The van der Waals surface area contributed by atoms with E-state index < -0.39 is 145 Å². The first-order valence-electron chi connectivity index (χ1n) is 27.1. The van der Waals surface area contributed by atoms with E-state index in [-0.39, 0.29) is 76.4 Å². The molecule has 452 valence electrons. The van der Waals surface area contributed by atoms with E-state index in [2.05, 4.69) is 67.0 Å². The van der Waals surface area contributed by atoms with Gasteiger partial charge in [-0.2, -0.15) is 0 Å². The molecule has 2 rings (SSSR count). The van der Waals surface area contributed by atoms with Crippen molar-refractivity contribution in [2.75, 3.05) is 44.2 Å². The Morgan fingerprint density at radius 1 is 0.600 bits per heavy atom. The molecule has 1 aromatic rings. The van der Waals surface area contributed by atoms with Gasteiger partial charge < -0.3 is 92.0 Å². The van der Waals surface area contributed by atoms with Crippen molar-refractivity contribution in [3.63, 3.8) is 0 Å². The third-order valence-electron chi connectivity index (χ3n) is 12.5. The van der Waals surface area contributed by atoms with E-state index in [1.165, 1.54) is 24.6 Å². The third kappa shape index (κ3) is 25.4. The van der Waals surface area contributed by atoms with Crippen LogP contribution in [0, 0.1) is 11.8 Å². The number of aliphatic hydroxyl groups is 2. The highest BCUT2D eigenvalue weighted by Gasteiger charge is 2.37. The lowest BCUT2D eigenvalue weighted by Crippen LogP contribution is -2.62. The molecule has 0 bridgehead atoms. The van der Waals surface area contributed by atoms with Crippen LogP contribution in [0.5, 0.6) is 0 Å². The van der Waals surface area contributed by atoms with Crippen LogP contribution in [0.15, 0.2) is 30.3 Å². The monoisotopic (exact) mass is 1170 g/mol. The predicted octanol–water partition coefficient (Wildman–Crippen LogP) is -4.93. The summed E-state index contributed by atoms with van der Waals surface area (Å²) in [7, 11) is 2.92. The minimum absolute atomic E-state index is 0.0558. The smallest absolute Gasteiger partial charge is 0.245 e. The molecule has 22 N–H and O–H groups in total. The molecule has 1 heterocycles. The summed E-state index contributed by atoms with van der Waals surface area (Å²) >= 11 is 0. The van der Waals surface area contributed by atoms with E-state index in [0.29, 0.717) is 11.5 Å². The fourth-order valence-corrected chi connectivity index (χ4v) is 10.4. The molecule has 27 nitrogen and oxygen atoms in total. The molecule has 0 aromatic heterocycles. The maximum atomic E-state index is 14.5. The fraction of sp³-hybridized carbons (Fsp3) is 0.686. The quantitative estimate of drug-likeness (QED) is 0.0305. The van der Waals surface area contributed by atoms with Crippen molar-refractivity contribution >= 4 is 80.7 Å². The van der Waals surface area contributed by atoms with Crippen LogP contribution in [0.25, 0.3) is 0 Å². The van der Waals surface area contributed by atoms with Crippen molar-refractivity contribution < 1.29 is 58.2 Å². The number of benzene rings is 1. The number of aliphatic hydroxyl groups excluding tert-OH is 2. The number of rotatable bonds is 26. The van der Waals surface area contributed by atoms with Gasteiger partial charge in [0.05, 0.1) is 18.2 Å². The van der Waals surface area contributed by atoms with E-state index >= 15 is 0 Å². The summed E-state index contributed by atoms with van der Waals surface area (Å²) in [5.74, 6) is -7.70. The van der Waals surface area contributed by atoms with Crippen LogP contribution < -0.4 is 81.8 Å². The predicted molar refractivity (Wildman–Crippen MR) is 305 cm³/mol. The average Bonchev–Trinajstić information content (AvgIpc) is 3.39. The first kappa shape index (κ1) is 70.4. The maximum absolute atomic E-state index is 14.5. The molecule has 0 spiro atoms. The summed E-state index contributed by atoms with van der Waals surface area (Å²) < 4.78 is 0. The van der Waals surface area contributed by atoms with Crippen LogP contribution in [0.1, 0.15) is 92.1 Å². The SMILES string of the molecule is CC(C)CCSSC[C@@H](N)C(=O)N[C@H](C(=O)N[C@H](CCN)C(=O)N[C@H]1CCNC(=O)[C@H]([C@@H](C)O)NC(=O)[C@H](CCN)NC(=O)[C@H](CCN)NC(=O)[C@H](CC(C)C)NC(=O)[C@@H](Cc2ccccc2)NC(=O)[C@H](CCN)NC1=O)[C@@H](C)O. The van der Waals surface area contributed by atoms with E-state index in [0.717, 1.165) is 12.2 Å². The molecule has 1 aromatic carbocycles. The van der Waals surface area contributed by atoms with Crippen LogP contribution in [-0.4, -0.2) is 186 Å². The largest absolute Gasteiger partial charge is 0.391 e. The molecule has 0 saturated carbocycles. The zero-order valence-corrected chi connectivity index (χ0v) is 48.4. The average molecular weight is 1170 g/mol. The first-order chi connectivity index (χ1) is 37.9. The van der Waals surface area contributed by atoms with Crippen molar-refractivity contribution in [2.24, 2.45) is 40.5 Å². The number of carbonyl (C=O) groups is 10. The van der Waals surface area contributed by atoms with Crippen molar-refractivity contribution in [3.8, 4) is 0 Å². The molecular formula is C51H89N15O12S2. The number of hydrogen-bond acceptors (Lipinski definition) is 19. The molecule has 0 unspecified atom stereocenters. The van der Waals surface area contributed by atoms with Crippen LogP contribution in [0.4, 0.5) is 0 Å². The first-order valence-corrected chi connectivity index (χ1v) is 29.6. The lowest BCUT2D eigenvalue weighted by molar-refractivity contribution is -0.136. The Morgan fingerprint density at radius 3 is 1.62 bits per heavy atom. The Bertz CT molecular complexity index is 2170. The highest BCUT2D eigenvalue weighted by molar-refractivity contribution is 8.76. The van der Waals surface area contributed by atoms with Crippen molar-refractivity contribution in [1.82, 2.24) is 53.2 Å². The lowest BCUT2D eigenvalue weighted by Gasteiger charge is -2.28. The molecular weight excluding hydrogens is 1080 g/mol. The molecule has 1 aliphatic rings. The topological polar surface area (TPSA) is 462 Å². The van der Waals surface area contributed by atoms with Crippen LogP contribution in [0.3, 0.4) is 0 Å². The summed E-state index contributed by atoms with van der Waals surface area (Å²) in [6.07, 6.45) is -3.29. The van der Waals surface area contributed by atoms with Crippen LogP contribution in [0.2, 0.25) is 0 Å². The van der Waals surface area contributed by atoms with Crippen LogP contribution in [-0.2, 0) is 54.4 Å². The van der Waals surface area contributed by atoms with Gasteiger partial charge in [0, 0.05) is 24.5 Å². The number of hydrogen-bond donors (Lipinski definition) is 17. The molecule has 10 amide bonds. The van der Waals surface area contributed by atoms with Crippen molar-refractivity contribution in [1.29, 1.82) is 0 Å². The molecule has 0 aliphatic carbocycles. The van der Waals surface area contributed by atoms with Gasteiger partial charge in [0.2, 0.25) is 59.1 Å². The highest BCUT2D eigenvalue weighted by Crippen LogP contribution is 2.24. The van der Waals surface area contributed by atoms with E-state index in [9.17, 15) is 58.2 Å². The Morgan fingerprint density at radius 2 is 1.11 bits per heavy atom. The Kier molecular flexibility index (Phi) is 32.9. The summed E-state index contributed by atoms with van der Waals surface area (Å²) in [4.78, 5) is 140. The van der Waals surface area contributed by atoms with Gasteiger partial charge >= 0.3 is 0 Å². The number of nitrogens with one attached hydrogen (secondary N) is 10. The normalized spacial score (nSPS) is 23.3. The van der Waals surface area contributed by atoms with Gasteiger partial charge in [-0.1, -0.05) is 79.6 Å². The second-order valence-electron chi connectivity index (χ2n) is 20.5. The summed E-state index contributed by atoms with van der Waals surface area (Å²) in [6, 6.07) is -5.78. The Labute approximate surface area is 476 Å². The third-order valence-corrected chi connectivity index (χ3v) is 15.0. The molecule has 0 radical (unpaired) electrons. The van der Waals surface area contributed by atoms with Gasteiger partial charge in [-0.15, -0.1) is 0 Å². The minimum atomic E-state index is -1.67. The molecule has 1 saturated heterocycles. The summed E-state index contributed by atoms with van der Waals surface area (Å²) in [6.45, 7) is 9.16. The maximum Gasteiger partial charge on any atom is 0.245 e. The number of amides is 10. The molecule has 80 heavy (non-hydrogen) atoms. The van der Waals surface area contributed by atoms with Crippen LogP contribution >= 0.6 is 21.6 Å².